The molecule has 0 spiro atoms. The van der Waals surface area contributed by atoms with E-state index in [1.165, 1.54) is 18.2 Å². The average Bonchev–Trinajstić information content (AvgIpc) is 2.82. The van der Waals surface area contributed by atoms with Gasteiger partial charge in [-0.25, -0.2) is 17.5 Å². The third-order valence-corrected chi connectivity index (χ3v) is 7.45. The lowest BCUT2D eigenvalue weighted by Crippen LogP contribution is -2.43. The minimum absolute atomic E-state index is 0.0629. The molecule has 0 fully saturated rings. The zero-order chi connectivity index (χ0) is 24.5. The van der Waals surface area contributed by atoms with Gasteiger partial charge in [0, 0.05) is 21.8 Å². The van der Waals surface area contributed by atoms with Gasteiger partial charge in [0.15, 0.2) is 0 Å². The van der Waals surface area contributed by atoms with E-state index in [0.717, 1.165) is 17.0 Å². The van der Waals surface area contributed by atoms with E-state index in [4.69, 9.17) is 16.3 Å². The van der Waals surface area contributed by atoms with E-state index in [9.17, 15) is 18.0 Å². The van der Waals surface area contributed by atoms with Gasteiger partial charge in [-0.05, 0) is 42.3 Å². The Morgan fingerprint density at radius 2 is 1.68 bits per heavy atom. The molecule has 1 heterocycles. The Morgan fingerprint density at radius 1 is 1.00 bits per heavy atom. The molecule has 1 aliphatic heterocycles. The molecule has 1 N–H and O–H groups in total. The first-order chi connectivity index (χ1) is 16.2. The van der Waals surface area contributed by atoms with Crippen LogP contribution in [0.5, 0.6) is 0 Å². The maximum atomic E-state index is 13.6. The van der Waals surface area contributed by atoms with E-state index in [0.29, 0.717) is 21.8 Å². The Kier molecular flexibility index (Phi) is 6.45. The number of halogens is 1. The monoisotopic (exact) mass is 496 g/mol. The van der Waals surface area contributed by atoms with E-state index in [1.807, 2.05) is 19.1 Å². The fourth-order valence-electron chi connectivity index (χ4n) is 3.81. The van der Waals surface area contributed by atoms with E-state index in [2.05, 4.69) is 5.32 Å². The molecule has 9 heteroatoms. The molecule has 1 aliphatic rings. The molecule has 0 saturated carbocycles. The molecule has 0 unspecified atom stereocenters. The van der Waals surface area contributed by atoms with Crippen LogP contribution in [0.25, 0.3) is 5.57 Å². The summed E-state index contributed by atoms with van der Waals surface area (Å²) >= 11 is 6.20. The van der Waals surface area contributed by atoms with Crippen molar-refractivity contribution in [2.75, 3.05) is 19.0 Å². The second kappa shape index (κ2) is 9.32. The standard InChI is InChI=1S/C25H21ClN2O5S/c1-16-8-6-7-11-20(16)27-22(29)15-28-24(25(30)33-2)23(17-9-4-3-5-10-17)19-14-18(26)12-13-21(19)34(28,31)32/h3-14H,15H2,1-2H3,(H,27,29). The molecule has 7 nitrogen and oxygen atoms in total. The summed E-state index contributed by atoms with van der Waals surface area (Å²) in [6.45, 7) is 1.19. The number of fused-ring (bicyclic) bond motifs is 1. The Labute approximate surface area is 202 Å². The summed E-state index contributed by atoms with van der Waals surface area (Å²) in [6.07, 6.45) is 0. The van der Waals surface area contributed by atoms with Gasteiger partial charge in [0.25, 0.3) is 10.0 Å². The molecule has 0 aromatic heterocycles. The lowest BCUT2D eigenvalue weighted by Gasteiger charge is -2.33. The van der Waals surface area contributed by atoms with Crippen molar-refractivity contribution >= 4 is 44.8 Å². The molecule has 0 bridgehead atoms. The number of esters is 1. The van der Waals surface area contributed by atoms with Gasteiger partial charge >= 0.3 is 5.97 Å². The molecule has 0 atom stereocenters. The number of rotatable bonds is 5. The third-order valence-electron chi connectivity index (χ3n) is 5.41. The number of anilines is 1. The highest BCUT2D eigenvalue weighted by Crippen LogP contribution is 2.41. The van der Waals surface area contributed by atoms with Gasteiger partial charge in [-0.15, -0.1) is 0 Å². The van der Waals surface area contributed by atoms with Crippen LogP contribution in [0.2, 0.25) is 5.02 Å². The van der Waals surface area contributed by atoms with Gasteiger partial charge < -0.3 is 10.1 Å². The van der Waals surface area contributed by atoms with Crippen LogP contribution < -0.4 is 5.32 Å². The number of hydrogen-bond acceptors (Lipinski definition) is 5. The van der Waals surface area contributed by atoms with Crippen LogP contribution >= 0.6 is 11.6 Å². The number of nitrogens with one attached hydrogen (secondary N) is 1. The number of carbonyl (C=O) groups excluding carboxylic acids is 2. The van der Waals surface area contributed by atoms with E-state index < -0.39 is 28.4 Å². The van der Waals surface area contributed by atoms with Crippen LogP contribution in [0.1, 0.15) is 16.7 Å². The van der Waals surface area contributed by atoms with Crippen LogP contribution in [0.3, 0.4) is 0 Å². The molecule has 0 radical (unpaired) electrons. The minimum Gasteiger partial charge on any atom is -0.464 e. The molecule has 1 amide bonds. The van der Waals surface area contributed by atoms with Crippen LogP contribution in [0.4, 0.5) is 5.69 Å². The van der Waals surface area contributed by atoms with Crippen molar-refractivity contribution in [1.82, 2.24) is 4.31 Å². The van der Waals surface area contributed by atoms with Crippen molar-refractivity contribution in [2.45, 2.75) is 11.8 Å². The van der Waals surface area contributed by atoms with Gasteiger partial charge in [-0.3, -0.25) is 4.79 Å². The predicted octanol–water partition coefficient (Wildman–Crippen LogP) is 4.22. The molecule has 4 rings (SSSR count). The highest BCUT2D eigenvalue weighted by atomic mass is 35.5. The molecule has 174 valence electrons. The number of hydrogen-bond donors (Lipinski definition) is 1. The van der Waals surface area contributed by atoms with Crippen molar-refractivity contribution < 1.29 is 22.7 Å². The third kappa shape index (κ3) is 4.30. The number of carbonyl (C=O) groups is 2. The van der Waals surface area contributed by atoms with E-state index in [-0.39, 0.29) is 16.2 Å². The summed E-state index contributed by atoms with van der Waals surface area (Å²) in [4.78, 5) is 25.9. The van der Waals surface area contributed by atoms with E-state index in [1.54, 1.807) is 42.5 Å². The summed E-state index contributed by atoms with van der Waals surface area (Å²) in [5.74, 6) is -1.50. The van der Waals surface area contributed by atoms with Gasteiger partial charge in [0.1, 0.15) is 12.2 Å². The maximum absolute atomic E-state index is 13.6. The minimum atomic E-state index is -4.29. The first-order valence-corrected chi connectivity index (χ1v) is 12.1. The number of amides is 1. The lowest BCUT2D eigenvalue weighted by molar-refractivity contribution is -0.137. The van der Waals surface area contributed by atoms with Gasteiger partial charge in [-0.1, -0.05) is 60.1 Å². The number of sulfonamides is 1. The quantitative estimate of drug-likeness (QED) is 0.534. The Balaban J connectivity index is 1.91. The maximum Gasteiger partial charge on any atom is 0.356 e. The van der Waals surface area contributed by atoms with Crippen molar-refractivity contribution in [3.63, 3.8) is 0 Å². The topological polar surface area (TPSA) is 92.8 Å². The molecule has 3 aromatic rings. The smallest absolute Gasteiger partial charge is 0.356 e. The molecular formula is C25H21ClN2O5S. The van der Waals surface area contributed by atoms with Crippen molar-refractivity contribution in [2.24, 2.45) is 0 Å². The zero-order valence-corrected chi connectivity index (χ0v) is 20.0. The van der Waals surface area contributed by atoms with E-state index >= 15 is 0 Å². The number of ether oxygens (including phenoxy) is 1. The molecule has 0 saturated heterocycles. The largest absolute Gasteiger partial charge is 0.464 e. The first-order valence-electron chi connectivity index (χ1n) is 10.3. The number of benzene rings is 3. The Bertz CT molecular complexity index is 1420. The highest BCUT2D eigenvalue weighted by Gasteiger charge is 2.41. The average molecular weight is 497 g/mol. The summed E-state index contributed by atoms with van der Waals surface area (Å²) < 4.78 is 33.0. The van der Waals surface area contributed by atoms with Crippen molar-refractivity contribution in [3.8, 4) is 0 Å². The van der Waals surface area contributed by atoms with Gasteiger partial charge in [0.2, 0.25) is 5.91 Å². The number of methoxy groups -OCH3 is 1. The summed E-state index contributed by atoms with van der Waals surface area (Å²) in [6, 6.07) is 20.2. The van der Waals surface area contributed by atoms with Crippen LogP contribution in [-0.2, 0) is 24.3 Å². The molecule has 34 heavy (non-hydrogen) atoms. The Hall–Kier alpha value is -3.62. The van der Waals surface area contributed by atoms with Crippen LogP contribution in [0.15, 0.2) is 83.4 Å². The second-order valence-corrected chi connectivity index (χ2v) is 9.86. The van der Waals surface area contributed by atoms with Crippen LogP contribution in [-0.4, -0.2) is 38.3 Å². The lowest BCUT2D eigenvalue weighted by atomic mass is 9.95. The second-order valence-electron chi connectivity index (χ2n) is 7.60. The summed E-state index contributed by atoms with van der Waals surface area (Å²) in [5, 5.41) is 3.02. The van der Waals surface area contributed by atoms with Crippen molar-refractivity contribution in [1.29, 1.82) is 0 Å². The van der Waals surface area contributed by atoms with Crippen LogP contribution in [0, 0.1) is 6.92 Å². The normalized spacial score (nSPS) is 14.4. The predicted molar refractivity (Wildman–Crippen MR) is 130 cm³/mol. The first kappa shape index (κ1) is 23.5. The SMILES string of the molecule is COC(=O)C1=C(c2ccccc2)c2cc(Cl)ccc2S(=O)(=O)N1CC(=O)Nc1ccccc1C. The summed E-state index contributed by atoms with van der Waals surface area (Å²) in [7, 11) is -3.13. The number of para-hydroxylation sites is 1. The zero-order valence-electron chi connectivity index (χ0n) is 18.4. The summed E-state index contributed by atoms with van der Waals surface area (Å²) in [5.41, 5.74) is 2.24. The fraction of sp³-hybridized carbons (Fsp3) is 0.120. The molecule has 3 aromatic carbocycles. The number of aryl methyl sites for hydroxylation is 1. The van der Waals surface area contributed by atoms with Gasteiger partial charge in [0.05, 0.1) is 12.0 Å². The van der Waals surface area contributed by atoms with Crippen molar-refractivity contribution in [3.05, 3.63) is 100 Å². The fourth-order valence-corrected chi connectivity index (χ4v) is 5.59. The number of nitrogens with zero attached hydrogens (tertiary/aromatic N) is 1. The highest BCUT2D eigenvalue weighted by molar-refractivity contribution is 7.89. The molecular weight excluding hydrogens is 476 g/mol. The van der Waals surface area contributed by atoms with Gasteiger partial charge in [-0.2, -0.15) is 0 Å². The Morgan fingerprint density at radius 3 is 2.35 bits per heavy atom. The molecule has 0 aliphatic carbocycles.